The van der Waals surface area contributed by atoms with Crippen LogP contribution in [0.2, 0.25) is 0 Å². The molecule has 4 rings (SSSR count). The highest BCUT2D eigenvalue weighted by Gasteiger charge is 2.67. The van der Waals surface area contributed by atoms with Gasteiger partial charge in [-0.25, -0.2) is 9.29 Å². The van der Waals surface area contributed by atoms with Gasteiger partial charge >= 0.3 is 5.97 Å². The van der Waals surface area contributed by atoms with Crippen molar-refractivity contribution in [3.05, 3.63) is 65.5 Å². The van der Waals surface area contributed by atoms with Crippen molar-refractivity contribution in [1.29, 1.82) is 0 Å². The van der Waals surface area contributed by atoms with Crippen molar-refractivity contribution in [1.82, 2.24) is 5.32 Å². The summed E-state index contributed by atoms with van der Waals surface area (Å²) in [4.78, 5) is 40.3. The number of imide groups is 1. The number of halogens is 1. The number of carbonyl (C=O) groups excluding carboxylic acids is 3. The summed E-state index contributed by atoms with van der Waals surface area (Å²) in [5, 5.41) is 3.19. The van der Waals surface area contributed by atoms with E-state index >= 15 is 0 Å². The van der Waals surface area contributed by atoms with E-state index in [4.69, 9.17) is 4.74 Å². The topological polar surface area (TPSA) is 75.7 Å². The van der Waals surface area contributed by atoms with Gasteiger partial charge < -0.3 is 4.74 Å². The van der Waals surface area contributed by atoms with Crippen molar-refractivity contribution in [2.45, 2.75) is 25.4 Å². The van der Waals surface area contributed by atoms with Crippen LogP contribution < -0.4 is 10.2 Å². The molecule has 0 radical (unpaired) electrons. The van der Waals surface area contributed by atoms with Crippen LogP contribution >= 0.6 is 0 Å². The minimum atomic E-state index is -1.42. The van der Waals surface area contributed by atoms with Crippen molar-refractivity contribution in [2.75, 3.05) is 12.0 Å². The van der Waals surface area contributed by atoms with Crippen LogP contribution in [-0.2, 0) is 19.1 Å². The molecule has 150 valence electrons. The van der Waals surface area contributed by atoms with Gasteiger partial charge in [0, 0.05) is 6.04 Å². The van der Waals surface area contributed by atoms with Gasteiger partial charge in [0.1, 0.15) is 11.4 Å². The summed E-state index contributed by atoms with van der Waals surface area (Å²) in [7, 11) is 1.24. The number of carbonyl (C=O) groups is 3. The van der Waals surface area contributed by atoms with E-state index in [2.05, 4.69) is 5.32 Å². The SMILES string of the molecule is COC(=O)[C@]1(C)N[C@H](c2ccccc2C)[C@H]2C(=O)N(c3ccccc3F)C(=O)[C@@H]21. The Kier molecular flexibility index (Phi) is 4.50. The van der Waals surface area contributed by atoms with Gasteiger partial charge in [0.25, 0.3) is 0 Å². The number of aryl methyl sites for hydroxylation is 1. The zero-order valence-corrected chi connectivity index (χ0v) is 16.3. The lowest BCUT2D eigenvalue weighted by molar-refractivity contribution is -0.151. The quantitative estimate of drug-likeness (QED) is 0.637. The van der Waals surface area contributed by atoms with Crippen molar-refractivity contribution in [3.63, 3.8) is 0 Å². The molecule has 0 saturated carbocycles. The Morgan fingerprint density at radius 2 is 1.76 bits per heavy atom. The summed E-state index contributed by atoms with van der Waals surface area (Å²) in [6.07, 6.45) is 0. The summed E-state index contributed by atoms with van der Waals surface area (Å²) in [6, 6.07) is 12.5. The van der Waals surface area contributed by atoms with Crippen LogP contribution in [0.15, 0.2) is 48.5 Å². The first-order chi connectivity index (χ1) is 13.8. The molecular weight excluding hydrogens is 375 g/mol. The minimum Gasteiger partial charge on any atom is -0.468 e. The number of anilines is 1. The van der Waals surface area contributed by atoms with Crippen molar-refractivity contribution < 1.29 is 23.5 Å². The number of para-hydroxylation sites is 1. The van der Waals surface area contributed by atoms with Crippen LogP contribution in [0.5, 0.6) is 0 Å². The molecule has 0 spiro atoms. The molecule has 2 aromatic rings. The number of ether oxygens (including phenoxy) is 1. The smallest absolute Gasteiger partial charge is 0.326 e. The molecule has 1 N–H and O–H groups in total. The fourth-order valence-corrected chi connectivity index (χ4v) is 4.61. The van der Waals surface area contributed by atoms with E-state index in [1.807, 2.05) is 31.2 Å². The third-order valence-electron chi connectivity index (χ3n) is 6.01. The van der Waals surface area contributed by atoms with Gasteiger partial charge in [0.2, 0.25) is 11.8 Å². The molecule has 2 fully saturated rings. The highest BCUT2D eigenvalue weighted by atomic mass is 19.1. The standard InChI is InChI=1S/C22H21FN2O4/c1-12-8-4-5-9-13(12)18-16-17(22(2,24-18)21(28)29-3)20(27)25(19(16)26)15-11-7-6-10-14(15)23/h4-11,16-18,24H,1-3H3/t16-,17+,18+,22+/m0/s1. The van der Waals surface area contributed by atoms with E-state index in [1.54, 1.807) is 13.0 Å². The van der Waals surface area contributed by atoms with Gasteiger partial charge in [0.05, 0.1) is 24.6 Å². The minimum absolute atomic E-state index is 0.104. The van der Waals surface area contributed by atoms with Crippen LogP contribution in [0.4, 0.5) is 10.1 Å². The first kappa shape index (κ1) is 19.3. The molecule has 0 unspecified atom stereocenters. The zero-order valence-electron chi connectivity index (χ0n) is 16.3. The Morgan fingerprint density at radius 1 is 1.10 bits per heavy atom. The molecule has 2 saturated heterocycles. The Hall–Kier alpha value is -3.06. The van der Waals surface area contributed by atoms with Crippen LogP contribution in [0, 0.1) is 24.6 Å². The van der Waals surface area contributed by atoms with E-state index in [0.29, 0.717) is 0 Å². The van der Waals surface area contributed by atoms with E-state index < -0.39 is 47.0 Å². The van der Waals surface area contributed by atoms with Crippen LogP contribution in [-0.4, -0.2) is 30.4 Å². The number of nitrogens with one attached hydrogen (secondary N) is 1. The Balaban J connectivity index is 1.87. The van der Waals surface area contributed by atoms with Gasteiger partial charge in [-0.05, 0) is 37.1 Å². The molecule has 6 nitrogen and oxygen atoms in total. The van der Waals surface area contributed by atoms with Crippen molar-refractivity contribution in [3.8, 4) is 0 Å². The third kappa shape index (κ3) is 2.68. The van der Waals surface area contributed by atoms with Gasteiger partial charge in [-0.3, -0.25) is 19.7 Å². The summed E-state index contributed by atoms with van der Waals surface area (Å²) in [5.41, 5.74) is 0.209. The lowest BCUT2D eigenvalue weighted by Gasteiger charge is -2.29. The molecule has 29 heavy (non-hydrogen) atoms. The molecule has 2 aliphatic rings. The predicted molar refractivity (Wildman–Crippen MR) is 103 cm³/mol. The zero-order chi connectivity index (χ0) is 20.9. The van der Waals surface area contributed by atoms with Crippen LogP contribution in [0.3, 0.4) is 0 Å². The number of esters is 1. The number of benzene rings is 2. The molecule has 2 heterocycles. The number of nitrogens with zero attached hydrogens (tertiary/aromatic N) is 1. The lowest BCUT2D eigenvalue weighted by atomic mass is 9.80. The predicted octanol–water partition coefficient (Wildman–Crippen LogP) is 2.52. The fourth-order valence-electron chi connectivity index (χ4n) is 4.61. The first-order valence-corrected chi connectivity index (χ1v) is 9.35. The number of methoxy groups -OCH3 is 1. The Morgan fingerprint density at radius 3 is 2.41 bits per heavy atom. The maximum absolute atomic E-state index is 14.4. The highest BCUT2D eigenvalue weighted by Crippen LogP contribution is 2.50. The average molecular weight is 396 g/mol. The summed E-state index contributed by atoms with van der Waals surface area (Å²) in [6.45, 7) is 3.46. The fraction of sp³-hybridized carbons (Fsp3) is 0.318. The maximum Gasteiger partial charge on any atom is 0.326 e. The molecule has 4 atom stereocenters. The van der Waals surface area contributed by atoms with Crippen LogP contribution in [0.1, 0.15) is 24.1 Å². The van der Waals surface area contributed by atoms with Gasteiger partial charge in [0.15, 0.2) is 0 Å². The van der Waals surface area contributed by atoms with E-state index in [0.717, 1.165) is 16.0 Å². The summed E-state index contributed by atoms with van der Waals surface area (Å²) in [5.74, 6) is -4.31. The molecule has 0 bridgehead atoms. The lowest BCUT2D eigenvalue weighted by Crippen LogP contribution is -2.54. The van der Waals surface area contributed by atoms with E-state index in [9.17, 15) is 18.8 Å². The van der Waals surface area contributed by atoms with Gasteiger partial charge in [-0.2, -0.15) is 0 Å². The molecular formula is C22H21FN2O4. The van der Waals surface area contributed by atoms with Gasteiger partial charge in [-0.1, -0.05) is 36.4 Å². The molecule has 2 amide bonds. The van der Waals surface area contributed by atoms with Crippen molar-refractivity contribution >= 4 is 23.5 Å². The number of amides is 2. The molecule has 2 aromatic carbocycles. The third-order valence-corrected chi connectivity index (χ3v) is 6.01. The number of fused-ring (bicyclic) bond motifs is 1. The van der Waals surface area contributed by atoms with E-state index in [1.165, 1.54) is 25.3 Å². The molecule has 2 aliphatic heterocycles. The molecule has 0 aliphatic carbocycles. The monoisotopic (exact) mass is 396 g/mol. The largest absolute Gasteiger partial charge is 0.468 e. The van der Waals surface area contributed by atoms with Crippen LogP contribution in [0.25, 0.3) is 0 Å². The summed E-state index contributed by atoms with van der Waals surface area (Å²) < 4.78 is 19.4. The number of hydrogen-bond donors (Lipinski definition) is 1. The first-order valence-electron chi connectivity index (χ1n) is 9.35. The average Bonchev–Trinajstić information content (AvgIpc) is 3.16. The Bertz CT molecular complexity index is 1020. The highest BCUT2D eigenvalue weighted by molar-refractivity contribution is 6.24. The number of hydrogen-bond acceptors (Lipinski definition) is 5. The normalized spacial score (nSPS) is 28.6. The molecule has 0 aromatic heterocycles. The Labute approximate surface area is 167 Å². The molecule has 7 heteroatoms. The summed E-state index contributed by atoms with van der Waals surface area (Å²) >= 11 is 0. The number of rotatable bonds is 3. The second kappa shape index (κ2) is 6.77. The second-order valence-electron chi connectivity index (χ2n) is 7.64. The van der Waals surface area contributed by atoms with Crippen molar-refractivity contribution in [2.24, 2.45) is 11.8 Å². The maximum atomic E-state index is 14.4. The van der Waals surface area contributed by atoms with E-state index in [-0.39, 0.29) is 5.69 Å². The second-order valence-corrected chi connectivity index (χ2v) is 7.64. The van der Waals surface area contributed by atoms with Gasteiger partial charge in [-0.15, -0.1) is 0 Å².